The zero-order valence-electron chi connectivity index (χ0n) is 8.65. The molecule has 0 amide bonds. The molecule has 0 radical (unpaired) electrons. The summed E-state index contributed by atoms with van der Waals surface area (Å²) < 4.78 is 5.43. The van der Waals surface area contributed by atoms with E-state index in [0.717, 1.165) is 13.2 Å². The minimum absolute atomic E-state index is 0.304. The van der Waals surface area contributed by atoms with Gasteiger partial charge in [-0.25, -0.2) is 0 Å². The van der Waals surface area contributed by atoms with E-state index in [9.17, 15) is 0 Å². The first-order valence-corrected chi connectivity index (χ1v) is 7.01. The zero-order valence-corrected chi connectivity index (χ0v) is 11.1. The van der Waals surface area contributed by atoms with Crippen LogP contribution in [-0.4, -0.2) is 0 Å². The van der Waals surface area contributed by atoms with Crippen LogP contribution in [0.3, 0.4) is 0 Å². The van der Waals surface area contributed by atoms with E-state index in [1.165, 1.54) is 21.6 Å². The van der Waals surface area contributed by atoms with E-state index in [1.807, 2.05) is 0 Å². The molecule has 16 heavy (non-hydrogen) atoms. The standard InChI is InChI=1S/C13H11BrOS/c14-13(12-2-1-5-16-12)9-3-4-10-7-15-8-11(10)6-9/h1-6,13H,7-8H2. The normalized spacial score (nSPS) is 16.1. The second-order valence-electron chi connectivity index (χ2n) is 3.90. The van der Waals surface area contributed by atoms with Crippen LogP contribution in [0.5, 0.6) is 0 Å². The molecule has 2 heterocycles. The van der Waals surface area contributed by atoms with Crippen molar-refractivity contribution in [1.82, 2.24) is 0 Å². The summed E-state index contributed by atoms with van der Waals surface area (Å²) in [4.78, 5) is 1.65. The Kier molecular flexibility index (Phi) is 2.84. The highest BCUT2D eigenvalue weighted by atomic mass is 79.9. The van der Waals surface area contributed by atoms with Crippen LogP contribution in [0.2, 0.25) is 0 Å². The van der Waals surface area contributed by atoms with Crippen molar-refractivity contribution in [3.63, 3.8) is 0 Å². The average molecular weight is 295 g/mol. The predicted octanol–water partition coefficient (Wildman–Crippen LogP) is 4.26. The van der Waals surface area contributed by atoms with E-state index >= 15 is 0 Å². The molecule has 0 saturated carbocycles. The number of hydrogen-bond donors (Lipinski definition) is 0. The van der Waals surface area contributed by atoms with Crippen LogP contribution < -0.4 is 0 Å². The topological polar surface area (TPSA) is 9.23 Å². The summed E-state index contributed by atoms with van der Waals surface area (Å²) in [6, 6.07) is 10.9. The van der Waals surface area contributed by atoms with Crippen molar-refractivity contribution in [3.8, 4) is 0 Å². The monoisotopic (exact) mass is 294 g/mol. The third-order valence-corrected chi connectivity index (χ3v) is 5.09. The molecule has 0 saturated heterocycles. The highest BCUT2D eigenvalue weighted by molar-refractivity contribution is 9.09. The van der Waals surface area contributed by atoms with Crippen molar-refractivity contribution in [2.24, 2.45) is 0 Å². The van der Waals surface area contributed by atoms with Gasteiger partial charge in [-0.1, -0.05) is 40.2 Å². The summed E-state index contributed by atoms with van der Waals surface area (Å²) in [5.41, 5.74) is 3.97. The summed E-state index contributed by atoms with van der Waals surface area (Å²) >= 11 is 5.53. The minimum Gasteiger partial charge on any atom is -0.372 e. The number of hydrogen-bond acceptors (Lipinski definition) is 2. The van der Waals surface area contributed by atoms with Gasteiger partial charge >= 0.3 is 0 Å². The average Bonchev–Trinajstić information content (AvgIpc) is 2.98. The van der Waals surface area contributed by atoms with Gasteiger partial charge in [-0.2, -0.15) is 0 Å². The fourth-order valence-corrected chi connectivity index (χ4v) is 3.44. The zero-order chi connectivity index (χ0) is 11.0. The molecule has 0 bridgehead atoms. The Hall–Kier alpha value is -0.640. The molecule has 1 atom stereocenters. The van der Waals surface area contributed by atoms with Crippen LogP contribution in [0.4, 0.5) is 0 Å². The third kappa shape index (κ3) is 1.83. The molecule has 1 aromatic heterocycles. The van der Waals surface area contributed by atoms with Crippen LogP contribution in [0.25, 0.3) is 0 Å². The number of ether oxygens (including phenoxy) is 1. The lowest BCUT2D eigenvalue weighted by Gasteiger charge is -2.09. The van der Waals surface area contributed by atoms with Gasteiger partial charge in [0.15, 0.2) is 0 Å². The maximum Gasteiger partial charge on any atom is 0.0738 e. The van der Waals surface area contributed by atoms with Gasteiger partial charge < -0.3 is 4.74 Å². The lowest BCUT2D eigenvalue weighted by Crippen LogP contribution is -1.92. The molecule has 0 aliphatic carbocycles. The summed E-state index contributed by atoms with van der Waals surface area (Å²) in [5, 5.41) is 2.11. The maximum absolute atomic E-state index is 5.43. The molecule has 3 rings (SSSR count). The first-order valence-electron chi connectivity index (χ1n) is 5.21. The number of thiophene rings is 1. The van der Waals surface area contributed by atoms with Crippen LogP contribution in [-0.2, 0) is 18.0 Å². The molecule has 0 N–H and O–H groups in total. The largest absolute Gasteiger partial charge is 0.372 e. The summed E-state index contributed by atoms with van der Waals surface area (Å²) in [7, 11) is 0. The van der Waals surface area contributed by atoms with Gasteiger partial charge in [0.1, 0.15) is 0 Å². The summed E-state index contributed by atoms with van der Waals surface area (Å²) in [6.45, 7) is 1.52. The first-order chi connectivity index (χ1) is 7.84. The van der Waals surface area contributed by atoms with Crippen LogP contribution in [0, 0.1) is 0 Å². The Bertz CT molecular complexity index is 493. The van der Waals surface area contributed by atoms with Crippen molar-refractivity contribution in [1.29, 1.82) is 0 Å². The maximum atomic E-state index is 5.43. The SMILES string of the molecule is BrC(c1ccc2c(c1)COC2)c1cccs1. The molecule has 82 valence electrons. The predicted molar refractivity (Wildman–Crippen MR) is 70.0 cm³/mol. The molecule has 2 aromatic rings. The van der Waals surface area contributed by atoms with Crippen LogP contribution in [0.1, 0.15) is 26.4 Å². The molecular weight excluding hydrogens is 284 g/mol. The summed E-state index contributed by atoms with van der Waals surface area (Å²) in [6.07, 6.45) is 0. The molecule has 0 spiro atoms. The quantitative estimate of drug-likeness (QED) is 0.752. The molecule has 1 nitrogen and oxygen atoms in total. The van der Waals surface area contributed by atoms with Gasteiger partial charge in [0.2, 0.25) is 0 Å². The molecular formula is C13H11BrOS. The van der Waals surface area contributed by atoms with Crippen molar-refractivity contribution >= 4 is 27.3 Å². The van der Waals surface area contributed by atoms with Crippen LogP contribution in [0.15, 0.2) is 35.7 Å². The third-order valence-electron chi connectivity index (χ3n) is 2.83. The van der Waals surface area contributed by atoms with Gasteiger partial charge in [0, 0.05) is 4.88 Å². The second kappa shape index (κ2) is 4.32. The molecule has 1 aromatic carbocycles. The van der Waals surface area contributed by atoms with E-state index in [-0.39, 0.29) is 0 Å². The fraction of sp³-hybridized carbons (Fsp3) is 0.231. The molecule has 1 unspecified atom stereocenters. The Balaban J connectivity index is 1.95. The lowest BCUT2D eigenvalue weighted by molar-refractivity contribution is 0.134. The first kappa shape index (κ1) is 10.5. The van der Waals surface area contributed by atoms with Gasteiger partial charge in [-0.3, -0.25) is 0 Å². The van der Waals surface area contributed by atoms with Crippen LogP contribution >= 0.6 is 27.3 Å². The Labute approximate surface area is 107 Å². The Morgan fingerprint density at radius 3 is 2.88 bits per heavy atom. The van der Waals surface area contributed by atoms with E-state index in [0.29, 0.717) is 4.83 Å². The summed E-state index contributed by atoms with van der Waals surface area (Å²) in [5.74, 6) is 0. The number of rotatable bonds is 2. The highest BCUT2D eigenvalue weighted by Crippen LogP contribution is 2.35. The number of fused-ring (bicyclic) bond motifs is 1. The fourth-order valence-electron chi connectivity index (χ4n) is 1.95. The molecule has 1 aliphatic heterocycles. The Morgan fingerprint density at radius 2 is 2.06 bits per heavy atom. The van der Waals surface area contributed by atoms with Crippen molar-refractivity contribution in [2.45, 2.75) is 18.0 Å². The lowest BCUT2D eigenvalue weighted by atomic mass is 10.0. The number of halogens is 1. The molecule has 3 heteroatoms. The molecule has 0 fully saturated rings. The van der Waals surface area contributed by atoms with Crippen molar-refractivity contribution in [2.75, 3.05) is 0 Å². The van der Waals surface area contributed by atoms with E-state index in [4.69, 9.17) is 4.74 Å². The van der Waals surface area contributed by atoms with Gasteiger partial charge in [-0.05, 0) is 28.1 Å². The molecule has 1 aliphatic rings. The van der Waals surface area contributed by atoms with Gasteiger partial charge in [0.25, 0.3) is 0 Å². The van der Waals surface area contributed by atoms with E-state index in [2.05, 4.69) is 51.6 Å². The van der Waals surface area contributed by atoms with Crippen molar-refractivity contribution in [3.05, 3.63) is 57.3 Å². The Morgan fingerprint density at radius 1 is 1.19 bits per heavy atom. The van der Waals surface area contributed by atoms with Gasteiger partial charge in [-0.15, -0.1) is 11.3 Å². The van der Waals surface area contributed by atoms with Gasteiger partial charge in [0.05, 0.1) is 18.0 Å². The number of benzene rings is 1. The van der Waals surface area contributed by atoms with E-state index < -0.39 is 0 Å². The highest BCUT2D eigenvalue weighted by Gasteiger charge is 2.16. The smallest absolute Gasteiger partial charge is 0.0738 e. The van der Waals surface area contributed by atoms with E-state index in [1.54, 1.807) is 11.3 Å². The second-order valence-corrected chi connectivity index (χ2v) is 5.79. The number of alkyl halides is 1. The minimum atomic E-state index is 0.304. The van der Waals surface area contributed by atoms with Crippen molar-refractivity contribution < 1.29 is 4.74 Å².